The van der Waals surface area contributed by atoms with E-state index in [4.69, 9.17) is 0 Å². The molecule has 7 nitrogen and oxygen atoms in total. The minimum Gasteiger partial charge on any atom is -0.358 e. The molecular formula is C14H17N5O2S. The number of aromatic nitrogens is 3. The average Bonchev–Trinajstić information content (AvgIpc) is 3.02. The van der Waals surface area contributed by atoms with Crippen molar-refractivity contribution in [3.8, 4) is 11.4 Å². The van der Waals surface area contributed by atoms with Crippen molar-refractivity contribution in [3.63, 3.8) is 0 Å². The minimum atomic E-state index is -0.204. The summed E-state index contributed by atoms with van der Waals surface area (Å²) in [6, 6.07) is 9.62. The number of likely N-dealkylation sites (N-methyl/N-ethyl adjacent to an activating group) is 2. The monoisotopic (exact) mass is 319 g/mol. The lowest BCUT2D eigenvalue weighted by atomic mass is 10.2. The fraction of sp³-hybridized carbons (Fsp3) is 0.286. The van der Waals surface area contributed by atoms with Crippen molar-refractivity contribution >= 4 is 23.6 Å². The van der Waals surface area contributed by atoms with Gasteiger partial charge in [0.15, 0.2) is 5.82 Å². The van der Waals surface area contributed by atoms with E-state index in [2.05, 4.69) is 20.5 Å². The van der Waals surface area contributed by atoms with Gasteiger partial charge in [-0.1, -0.05) is 42.1 Å². The van der Waals surface area contributed by atoms with Gasteiger partial charge in [0.1, 0.15) is 0 Å². The average molecular weight is 319 g/mol. The lowest BCUT2D eigenvalue weighted by Crippen LogP contribution is -2.37. The summed E-state index contributed by atoms with van der Waals surface area (Å²) in [7, 11) is 3.12. The van der Waals surface area contributed by atoms with Crippen molar-refractivity contribution in [2.45, 2.75) is 5.16 Å². The molecule has 1 aromatic heterocycles. The highest BCUT2D eigenvalue weighted by Crippen LogP contribution is 2.18. The van der Waals surface area contributed by atoms with Gasteiger partial charge in [-0.2, -0.15) is 0 Å². The summed E-state index contributed by atoms with van der Waals surface area (Å²) in [5.41, 5.74) is 0.935. The van der Waals surface area contributed by atoms with E-state index in [1.54, 1.807) is 7.05 Å². The molecule has 2 N–H and O–H groups in total. The molecule has 0 fully saturated rings. The smallest absolute Gasteiger partial charge is 0.239 e. The molecular weight excluding hydrogens is 302 g/mol. The summed E-state index contributed by atoms with van der Waals surface area (Å²) in [6.07, 6.45) is 0. The van der Waals surface area contributed by atoms with Crippen molar-refractivity contribution in [2.24, 2.45) is 0 Å². The Morgan fingerprint density at radius 1 is 1.32 bits per heavy atom. The Hall–Kier alpha value is -2.35. The number of benzene rings is 1. The van der Waals surface area contributed by atoms with Gasteiger partial charge in [0.2, 0.25) is 17.0 Å². The molecule has 0 bridgehead atoms. The minimum absolute atomic E-state index is 0.0408. The first kappa shape index (κ1) is 16.0. The molecule has 8 heteroatoms. The highest BCUT2D eigenvalue weighted by atomic mass is 32.2. The van der Waals surface area contributed by atoms with Crippen molar-refractivity contribution in [3.05, 3.63) is 30.3 Å². The number of nitrogens with zero attached hydrogens (tertiary/aromatic N) is 3. The summed E-state index contributed by atoms with van der Waals surface area (Å²) in [5.74, 6) is 0.485. The maximum Gasteiger partial charge on any atom is 0.239 e. The van der Waals surface area contributed by atoms with E-state index in [9.17, 15) is 9.59 Å². The van der Waals surface area contributed by atoms with E-state index in [-0.39, 0.29) is 24.1 Å². The van der Waals surface area contributed by atoms with Crippen LogP contribution in [0.15, 0.2) is 35.5 Å². The molecule has 2 aromatic rings. The van der Waals surface area contributed by atoms with Gasteiger partial charge in [0, 0.05) is 19.7 Å². The number of carbonyl (C=O) groups is 2. The number of thioether (sulfide) groups is 1. The van der Waals surface area contributed by atoms with Crippen LogP contribution in [-0.2, 0) is 9.59 Å². The number of hydrogen-bond acceptors (Lipinski definition) is 5. The molecule has 22 heavy (non-hydrogen) atoms. The van der Waals surface area contributed by atoms with Crippen LogP contribution < -0.4 is 5.32 Å². The predicted molar refractivity (Wildman–Crippen MR) is 84.2 cm³/mol. The second kappa shape index (κ2) is 7.60. The molecule has 1 heterocycles. The molecule has 0 saturated heterocycles. The first-order valence-electron chi connectivity index (χ1n) is 6.65. The van der Waals surface area contributed by atoms with E-state index in [0.717, 1.165) is 5.56 Å². The Labute approximate surface area is 132 Å². The van der Waals surface area contributed by atoms with E-state index in [1.165, 1.54) is 23.7 Å². The largest absolute Gasteiger partial charge is 0.358 e. The van der Waals surface area contributed by atoms with Gasteiger partial charge in [-0.15, -0.1) is 5.10 Å². The first-order valence-corrected chi connectivity index (χ1v) is 7.64. The molecule has 0 aliphatic heterocycles. The van der Waals surface area contributed by atoms with Crippen molar-refractivity contribution in [1.82, 2.24) is 25.4 Å². The van der Waals surface area contributed by atoms with Crippen LogP contribution >= 0.6 is 11.8 Å². The topological polar surface area (TPSA) is 91.0 Å². The quantitative estimate of drug-likeness (QED) is 0.767. The van der Waals surface area contributed by atoms with Crippen LogP contribution in [0.3, 0.4) is 0 Å². The van der Waals surface area contributed by atoms with Crippen LogP contribution in [0.5, 0.6) is 0 Å². The number of rotatable bonds is 6. The number of amides is 2. The van der Waals surface area contributed by atoms with Crippen LogP contribution in [-0.4, -0.2) is 58.3 Å². The second-order valence-corrected chi connectivity index (χ2v) is 5.49. The Morgan fingerprint density at radius 3 is 2.73 bits per heavy atom. The highest BCUT2D eigenvalue weighted by molar-refractivity contribution is 7.99. The Balaban J connectivity index is 1.88. The molecule has 0 atom stereocenters. The van der Waals surface area contributed by atoms with Crippen LogP contribution in [0.4, 0.5) is 0 Å². The van der Waals surface area contributed by atoms with Crippen molar-refractivity contribution in [1.29, 1.82) is 0 Å². The van der Waals surface area contributed by atoms with Crippen LogP contribution in [0, 0.1) is 0 Å². The molecule has 2 rings (SSSR count). The lowest BCUT2D eigenvalue weighted by molar-refractivity contribution is -0.132. The van der Waals surface area contributed by atoms with Gasteiger partial charge in [0.05, 0.1) is 12.3 Å². The number of hydrogen-bond donors (Lipinski definition) is 2. The van der Waals surface area contributed by atoms with Crippen LogP contribution in [0.25, 0.3) is 11.4 Å². The Morgan fingerprint density at radius 2 is 2.05 bits per heavy atom. The summed E-state index contributed by atoms with van der Waals surface area (Å²) < 4.78 is 0. The molecule has 0 radical (unpaired) electrons. The standard InChI is InChI=1S/C14H17N5O2S/c1-15-11(20)8-19(2)12(21)9-22-14-16-13(17-18-14)10-6-4-3-5-7-10/h3-7H,8-9H2,1-2H3,(H,15,20)(H,16,17,18). The lowest BCUT2D eigenvalue weighted by Gasteiger charge is -2.15. The molecule has 0 saturated carbocycles. The summed E-state index contributed by atoms with van der Waals surface area (Å²) in [5, 5.41) is 9.90. The SMILES string of the molecule is CNC(=O)CN(C)C(=O)CSc1n[nH]c(-c2ccccc2)n1. The Kier molecular flexibility index (Phi) is 5.54. The van der Waals surface area contributed by atoms with E-state index < -0.39 is 0 Å². The summed E-state index contributed by atoms with van der Waals surface area (Å²) in [4.78, 5) is 28.8. The van der Waals surface area contributed by atoms with Crippen LogP contribution in [0.2, 0.25) is 0 Å². The normalized spacial score (nSPS) is 10.3. The summed E-state index contributed by atoms with van der Waals surface area (Å²) in [6.45, 7) is 0.0408. The molecule has 1 aromatic carbocycles. The maximum atomic E-state index is 11.9. The molecule has 0 unspecified atom stereocenters. The van der Waals surface area contributed by atoms with Gasteiger partial charge >= 0.3 is 0 Å². The van der Waals surface area contributed by atoms with E-state index in [0.29, 0.717) is 11.0 Å². The predicted octanol–water partition coefficient (Wildman–Crippen LogP) is 0.768. The summed E-state index contributed by atoms with van der Waals surface area (Å²) >= 11 is 1.23. The van der Waals surface area contributed by atoms with Gasteiger partial charge in [-0.3, -0.25) is 14.7 Å². The fourth-order valence-electron chi connectivity index (χ4n) is 1.66. The van der Waals surface area contributed by atoms with Crippen molar-refractivity contribution in [2.75, 3.05) is 26.4 Å². The van der Waals surface area contributed by atoms with Gasteiger partial charge in [0.25, 0.3) is 0 Å². The second-order valence-electron chi connectivity index (χ2n) is 4.54. The van der Waals surface area contributed by atoms with Crippen molar-refractivity contribution < 1.29 is 9.59 Å². The number of aromatic amines is 1. The third kappa shape index (κ3) is 4.32. The highest BCUT2D eigenvalue weighted by Gasteiger charge is 2.14. The molecule has 2 amide bonds. The zero-order valence-electron chi connectivity index (χ0n) is 12.4. The third-order valence-electron chi connectivity index (χ3n) is 2.92. The molecule has 0 aliphatic carbocycles. The van der Waals surface area contributed by atoms with Gasteiger partial charge in [-0.25, -0.2) is 4.98 Å². The fourth-order valence-corrected chi connectivity index (χ4v) is 2.39. The van der Waals surface area contributed by atoms with Gasteiger partial charge < -0.3 is 10.2 Å². The van der Waals surface area contributed by atoms with Gasteiger partial charge in [-0.05, 0) is 0 Å². The number of H-pyrrole nitrogens is 1. The number of nitrogens with one attached hydrogen (secondary N) is 2. The van der Waals surface area contributed by atoms with Crippen LogP contribution in [0.1, 0.15) is 0 Å². The number of carbonyl (C=O) groups excluding carboxylic acids is 2. The first-order chi connectivity index (χ1) is 10.6. The molecule has 0 aliphatic rings. The zero-order chi connectivity index (χ0) is 15.9. The zero-order valence-corrected chi connectivity index (χ0v) is 13.2. The Bertz CT molecular complexity index is 644. The molecule has 0 spiro atoms. The maximum absolute atomic E-state index is 11.9. The van der Waals surface area contributed by atoms with E-state index >= 15 is 0 Å². The molecule has 116 valence electrons. The van der Waals surface area contributed by atoms with E-state index in [1.807, 2.05) is 30.3 Å². The third-order valence-corrected chi connectivity index (χ3v) is 3.75.